The van der Waals surface area contributed by atoms with E-state index in [-0.39, 0.29) is 18.4 Å². The highest BCUT2D eigenvalue weighted by Crippen LogP contribution is 2.17. The van der Waals surface area contributed by atoms with Gasteiger partial charge in [-0.1, -0.05) is 13.3 Å². The maximum Gasteiger partial charge on any atom is 0.306 e. The number of nitrogens with zero attached hydrogens (tertiary/aromatic N) is 1. The molecule has 1 aliphatic heterocycles. The number of carbonyl (C=O) groups is 2. The molecule has 0 aliphatic carbocycles. The summed E-state index contributed by atoms with van der Waals surface area (Å²) >= 11 is 0. The average molecular weight is 243 g/mol. The molecule has 1 amide bonds. The molecule has 1 heterocycles. The molecule has 17 heavy (non-hydrogen) atoms. The maximum atomic E-state index is 11.7. The van der Waals surface area contributed by atoms with Crippen LogP contribution in [-0.4, -0.2) is 48.2 Å². The van der Waals surface area contributed by atoms with Crippen LogP contribution in [0.4, 0.5) is 0 Å². The Bertz CT molecular complexity index is 259. The van der Waals surface area contributed by atoms with Gasteiger partial charge in [0.25, 0.3) is 0 Å². The van der Waals surface area contributed by atoms with Crippen molar-refractivity contribution in [3.8, 4) is 0 Å². The first-order chi connectivity index (χ1) is 8.15. The first-order valence-electron chi connectivity index (χ1n) is 6.23. The van der Waals surface area contributed by atoms with Crippen molar-refractivity contribution < 1.29 is 19.4 Å². The normalized spacial score (nSPS) is 17.1. The summed E-state index contributed by atoms with van der Waals surface area (Å²) in [6, 6.07) is 0. The van der Waals surface area contributed by atoms with E-state index in [4.69, 9.17) is 9.84 Å². The third-order valence-corrected chi connectivity index (χ3v) is 3.06. The van der Waals surface area contributed by atoms with Gasteiger partial charge in [0.05, 0.1) is 5.92 Å². The first kappa shape index (κ1) is 14.0. The summed E-state index contributed by atoms with van der Waals surface area (Å²) in [5, 5.41) is 8.84. The predicted octanol–water partition coefficient (Wildman–Crippen LogP) is 1.13. The van der Waals surface area contributed by atoms with Gasteiger partial charge in [-0.15, -0.1) is 0 Å². The Morgan fingerprint density at radius 1 is 1.35 bits per heavy atom. The molecule has 1 rings (SSSR count). The molecule has 0 radical (unpaired) electrons. The molecule has 0 aromatic heterocycles. The van der Waals surface area contributed by atoms with Crippen molar-refractivity contribution in [3.05, 3.63) is 0 Å². The number of amides is 1. The van der Waals surface area contributed by atoms with Crippen molar-refractivity contribution in [3.63, 3.8) is 0 Å². The number of hydrogen-bond donors (Lipinski definition) is 1. The summed E-state index contributed by atoms with van der Waals surface area (Å²) in [7, 11) is 0. The minimum atomic E-state index is -0.753. The van der Waals surface area contributed by atoms with Crippen molar-refractivity contribution in [1.29, 1.82) is 0 Å². The Hall–Kier alpha value is -1.10. The Morgan fingerprint density at radius 2 is 2.00 bits per heavy atom. The van der Waals surface area contributed by atoms with Crippen molar-refractivity contribution in [1.82, 2.24) is 4.90 Å². The summed E-state index contributed by atoms with van der Waals surface area (Å²) in [6.07, 6.45) is 3.12. The van der Waals surface area contributed by atoms with Crippen LogP contribution in [0.15, 0.2) is 0 Å². The van der Waals surface area contributed by atoms with Gasteiger partial charge in [0.1, 0.15) is 6.61 Å². The fourth-order valence-electron chi connectivity index (χ4n) is 1.87. The minimum Gasteiger partial charge on any atom is -0.481 e. The van der Waals surface area contributed by atoms with Crippen molar-refractivity contribution >= 4 is 11.9 Å². The van der Waals surface area contributed by atoms with Crippen molar-refractivity contribution in [2.45, 2.75) is 32.6 Å². The van der Waals surface area contributed by atoms with Crippen LogP contribution in [0.25, 0.3) is 0 Å². The van der Waals surface area contributed by atoms with Gasteiger partial charge in [-0.05, 0) is 19.3 Å². The van der Waals surface area contributed by atoms with E-state index in [2.05, 4.69) is 6.92 Å². The van der Waals surface area contributed by atoms with Gasteiger partial charge in [-0.25, -0.2) is 0 Å². The Balaban J connectivity index is 2.19. The van der Waals surface area contributed by atoms with Gasteiger partial charge >= 0.3 is 5.97 Å². The number of hydrogen-bond acceptors (Lipinski definition) is 3. The molecule has 0 aromatic carbocycles. The topological polar surface area (TPSA) is 66.8 Å². The highest BCUT2D eigenvalue weighted by atomic mass is 16.5. The fourth-order valence-corrected chi connectivity index (χ4v) is 1.87. The second kappa shape index (κ2) is 7.27. The zero-order chi connectivity index (χ0) is 12.7. The molecule has 0 spiro atoms. The van der Waals surface area contributed by atoms with Crippen molar-refractivity contribution in [2.24, 2.45) is 5.92 Å². The molecule has 5 heteroatoms. The highest BCUT2D eigenvalue weighted by molar-refractivity contribution is 5.78. The highest BCUT2D eigenvalue weighted by Gasteiger charge is 2.26. The van der Waals surface area contributed by atoms with Gasteiger partial charge in [0, 0.05) is 19.7 Å². The van der Waals surface area contributed by atoms with E-state index < -0.39 is 5.97 Å². The maximum absolute atomic E-state index is 11.7. The largest absolute Gasteiger partial charge is 0.481 e. The quantitative estimate of drug-likeness (QED) is 0.710. The molecule has 1 N–H and O–H groups in total. The second-order valence-corrected chi connectivity index (χ2v) is 4.40. The van der Waals surface area contributed by atoms with Crippen LogP contribution in [0.2, 0.25) is 0 Å². The molecule has 1 fully saturated rings. The molecule has 0 atom stereocenters. The summed E-state index contributed by atoms with van der Waals surface area (Å²) in [5.41, 5.74) is 0. The number of carbonyl (C=O) groups excluding carboxylic acids is 1. The van der Waals surface area contributed by atoms with Crippen LogP contribution < -0.4 is 0 Å². The zero-order valence-corrected chi connectivity index (χ0v) is 10.4. The van der Waals surface area contributed by atoms with Crippen LogP contribution >= 0.6 is 0 Å². The lowest BCUT2D eigenvalue weighted by Crippen LogP contribution is -2.41. The Morgan fingerprint density at radius 3 is 2.53 bits per heavy atom. The smallest absolute Gasteiger partial charge is 0.306 e. The lowest BCUT2D eigenvalue weighted by Gasteiger charge is -2.30. The predicted molar refractivity (Wildman–Crippen MR) is 62.7 cm³/mol. The molecular weight excluding hydrogens is 222 g/mol. The monoisotopic (exact) mass is 243 g/mol. The van der Waals surface area contributed by atoms with Gasteiger partial charge < -0.3 is 14.7 Å². The van der Waals surface area contributed by atoms with Crippen LogP contribution in [0.1, 0.15) is 32.6 Å². The molecule has 0 bridgehead atoms. The van der Waals surface area contributed by atoms with E-state index in [1.54, 1.807) is 4.90 Å². The summed E-state index contributed by atoms with van der Waals surface area (Å²) in [6.45, 7) is 3.88. The lowest BCUT2D eigenvalue weighted by molar-refractivity contribution is -0.146. The fraction of sp³-hybridized carbons (Fsp3) is 0.833. The minimum absolute atomic E-state index is 0.0232. The SMILES string of the molecule is CCCCOCC(=O)N1CCC(C(=O)O)CC1. The number of unbranched alkanes of at least 4 members (excludes halogenated alkanes) is 1. The van der Waals surface area contributed by atoms with Gasteiger partial charge in [-0.2, -0.15) is 0 Å². The van der Waals surface area contributed by atoms with Crippen LogP contribution in [-0.2, 0) is 14.3 Å². The van der Waals surface area contributed by atoms with E-state index in [9.17, 15) is 9.59 Å². The number of carboxylic acids is 1. The molecule has 98 valence electrons. The van der Waals surface area contributed by atoms with E-state index in [1.807, 2.05) is 0 Å². The summed E-state index contributed by atoms with van der Waals surface area (Å²) in [4.78, 5) is 24.1. The number of rotatable bonds is 6. The third kappa shape index (κ3) is 4.73. The molecule has 1 saturated heterocycles. The zero-order valence-electron chi connectivity index (χ0n) is 10.4. The molecule has 0 aromatic rings. The molecule has 0 unspecified atom stereocenters. The molecular formula is C12H21NO4. The van der Waals surface area contributed by atoms with E-state index in [0.717, 1.165) is 12.8 Å². The number of aliphatic carboxylic acids is 1. The average Bonchev–Trinajstić information content (AvgIpc) is 2.34. The third-order valence-electron chi connectivity index (χ3n) is 3.06. The number of ether oxygens (including phenoxy) is 1. The van der Waals surface area contributed by atoms with Gasteiger partial charge in [0.15, 0.2) is 0 Å². The summed E-state index contributed by atoms with van der Waals surface area (Å²) in [5.74, 6) is -1.07. The van der Waals surface area contributed by atoms with Crippen LogP contribution in [0, 0.1) is 5.92 Å². The van der Waals surface area contributed by atoms with Crippen molar-refractivity contribution in [2.75, 3.05) is 26.3 Å². The van der Waals surface area contributed by atoms with E-state index >= 15 is 0 Å². The van der Waals surface area contributed by atoms with Gasteiger partial charge in [-0.3, -0.25) is 9.59 Å². The Labute approximate surface area is 102 Å². The molecule has 5 nitrogen and oxygen atoms in total. The molecule has 0 saturated carbocycles. The van der Waals surface area contributed by atoms with E-state index in [0.29, 0.717) is 32.5 Å². The number of likely N-dealkylation sites (tertiary alicyclic amines) is 1. The second-order valence-electron chi connectivity index (χ2n) is 4.40. The van der Waals surface area contributed by atoms with Crippen LogP contribution in [0.3, 0.4) is 0 Å². The summed E-state index contributed by atoms with van der Waals surface area (Å²) < 4.78 is 5.26. The first-order valence-corrected chi connectivity index (χ1v) is 6.23. The van der Waals surface area contributed by atoms with Crippen LogP contribution in [0.5, 0.6) is 0 Å². The standard InChI is InChI=1S/C12H21NO4/c1-2-3-8-17-9-11(14)13-6-4-10(5-7-13)12(15)16/h10H,2-9H2,1H3,(H,15,16). The Kier molecular flexibility index (Phi) is 5.97. The molecule has 1 aliphatic rings. The van der Waals surface area contributed by atoms with Gasteiger partial charge in [0.2, 0.25) is 5.91 Å². The lowest BCUT2D eigenvalue weighted by atomic mass is 9.97. The van der Waals surface area contributed by atoms with E-state index in [1.165, 1.54) is 0 Å². The number of piperidine rings is 1. The number of carboxylic acid groups (broad SMARTS) is 1.